The number of benzene rings is 1. The molecule has 0 saturated carbocycles. The summed E-state index contributed by atoms with van der Waals surface area (Å²) in [5, 5.41) is 0.310. The van der Waals surface area contributed by atoms with Crippen LogP contribution in [0.3, 0.4) is 0 Å². The Balaban J connectivity index is 0.00000385. The summed E-state index contributed by atoms with van der Waals surface area (Å²) in [5.41, 5.74) is 0.829. The van der Waals surface area contributed by atoms with Gasteiger partial charge < -0.3 is 8.99 Å². The summed E-state index contributed by atoms with van der Waals surface area (Å²) in [6.45, 7) is 11.8. The average Bonchev–Trinajstić information content (AvgIpc) is 3.07. The summed E-state index contributed by atoms with van der Waals surface area (Å²) in [4.78, 5) is 25.5. The van der Waals surface area contributed by atoms with E-state index < -0.39 is 25.4 Å². The quantitative estimate of drug-likeness (QED) is 0.414. The molecule has 10 heteroatoms. The molecule has 1 radical (unpaired) electrons. The molecular formula is C23H32FN3NaO3SSi. The number of fused-ring (bicyclic) bond motifs is 1. The number of aromatic nitrogens is 3. The van der Waals surface area contributed by atoms with Gasteiger partial charge >= 0.3 is 5.69 Å². The van der Waals surface area contributed by atoms with E-state index in [9.17, 15) is 14.0 Å². The summed E-state index contributed by atoms with van der Waals surface area (Å²) >= 11 is 4.75. The molecule has 1 unspecified atom stereocenters. The van der Waals surface area contributed by atoms with E-state index in [0.29, 0.717) is 35.3 Å². The molecule has 0 spiro atoms. The number of aryl methyl sites for hydroxylation is 1. The van der Waals surface area contributed by atoms with E-state index in [2.05, 4.69) is 33.9 Å². The van der Waals surface area contributed by atoms with Crippen LogP contribution in [-0.4, -0.2) is 63.4 Å². The second-order valence-corrected chi connectivity index (χ2v) is 15.4. The predicted octanol–water partition coefficient (Wildman–Crippen LogP) is 3.78. The minimum Gasteiger partial charge on any atom is -0.416 e. The average molecular weight is 501 g/mol. The third-order valence-corrected chi connectivity index (χ3v) is 11.3. The first kappa shape index (κ1) is 28.1. The number of halogens is 1. The Labute approximate surface area is 222 Å². The summed E-state index contributed by atoms with van der Waals surface area (Å²) in [7, 11) is 1.14. The molecule has 0 N–H and O–H groups in total. The van der Waals surface area contributed by atoms with Crippen LogP contribution >= 0.6 is 12.6 Å². The van der Waals surface area contributed by atoms with Gasteiger partial charge in [-0.05, 0) is 30.3 Å². The molecular weight excluding hydrogens is 468 g/mol. The minimum absolute atomic E-state index is 0. The fraction of sp³-hybridized carbons (Fsp3) is 0.478. The summed E-state index contributed by atoms with van der Waals surface area (Å²) < 4.78 is 24.8. The molecule has 3 rings (SSSR count). The van der Waals surface area contributed by atoms with Crippen molar-refractivity contribution >= 4 is 61.4 Å². The van der Waals surface area contributed by atoms with Crippen molar-refractivity contribution in [3.63, 3.8) is 0 Å². The van der Waals surface area contributed by atoms with E-state index in [0.717, 1.165) is 4.57 Å². The molecule has 33 heavy (non-hydrogen) atoms. The zero-order chi connectivity index (χ0) is 24.0. The molecule has 3 aromatic rings. The SMILES string of the molecule is Cn1c(=O)c2c(-c3cccc(F)c3)n(CC(S)CO[Si](C)(C)C(C)(C)C)cc2n(C)c1=O.[Na]. The second kappa shape index (κ2) is 10.3. The number of hydrogen-bond acceptors (Lipinski definition) is 4. The van der Waals surface area contributed by atoms with Gasteiger partial charge in [-0.2, -0.15) is 12.6 Å². The zero-order valence-electron chi connectivity index (χ0n) is 20.8. The van der Waals surface area contributed by atoms with E-state index in [1.807, 2.05) is 4.57 Å². The molecule has 6 nitrogen and oxygen atoms in total. The van der Waals surface area contributed by atoms with Crippen LogP contribution in [0.2, 0.25) is 18.1 Å². The number of thiol groups is 1. The van der Waals surface area contributed by atoms with E-state index >= 15 is 0 Å². The summed E-state index contributed by atoms with van der Waals surface area (Å²) in [6, 6.07) is 6.13. The van der Waals surface area contributed by atoms with Crippen LogP contribution in [0.1, 0.15) is 20.8 Å². The van der Waals surface area contributed by atoms with Gasteiger partial charge in [0.25, 0.3) is 5.56 Å². The van der Waals surface area contributed by atoms with Crippen molar-refractivity contribution in [2.24, 2.45) is 14.1 Å². The fourth-order valence-electron chi connectivity index (χ4n) is 3.48. The molecule has 0 saturated heterocycles. The van der Waals surface area contributed by atoms with Gasteiger partial charge in [0.15, 0.2) is 8.32 Å². The fourth-order valence-corrected chi connectivity index (χ4v) is 4.92. The molecule has 2 aromatic heterocycles. The molecule has 2 heterocycles. The monoisotopic (exact) mass is 500 g/mol. The molecule has 1 atom stereocenters. The Morgan fingerprint density at radius 1 is 1.15 bits per heavy atom. The van der Waals surface area contributed by atoms with Gasteiger partial charge in [0, 0.05) is 73.8 Å². The van der Waals surface area contributed by atoms with Gasteiger partial charge in [0.2, 0.25) is 0 Å². The molecule has 0 fully saturated rings. The summed E-state index contributed by atoms with van der Waals surface area (Å²) in [5.74, 6) is -0.395. The van der Waals surface area contributed by atoms with Crippen LogP contribution in [0.25, 0.3) is 22.2 Å². The van der Waals surface area contributed by atoms with Crippen molar-refractivity contribution in [3.05, 3.63) is 57.1 Å². The van der Waals surface area contributed by atoms with Crippen molar-refractivity contribution in [2.45, 2.75) is 50.7 Å². The zero-order valence-corrected chi connectivity index (χ0v) is 24.7. The molecule has 0 aliphatic carbocycles. The Bertz CT molecular complexity index is 1280. The largest absolute Gasteiger partial charge is 0.416 e. The molecule has 0 bridgehead atoms. The maximum atomic E-state index is 14.1. The first-order chi connectivity index (χ1) is 14.7. The molecule has 1 aromatic carbocycles. The third kappa shape index (κ3) is 5.60. The van der Waals surface area contributed by atoms with Crippen LogP contribution < -0.4 is 11.2 Å². The van der Waals surface area contributed by atoms with Crippen molar-refractivity contribution < 1.29 is 8.82 Å². The Kier molecular flexibility index (Phi) is 8.74. The van der Waals surface area contributed by atoms with Crippen molar-refractivity contribution in [2.75, 3.05) is 6.61 Å². The van der Waals surface area contributed by atoms with Crippen LogP contribution in [0.4, 0.5) is 4.39 Å². The normalized spacial score (nSPS) is 13.2. The van der Waals surface area contributed by atoms with Gasteiger partial charge in [-0.1, -0.05) is 32.9 Å². The number of hydrogen-bond donors (Lipinski definition) is 1. The topological polar surface area (TPSA) is 58.2 Å². The number of rotatable bonds is 6. The predicted molar refractivity (Wildman–Crippen MR) is 139 cm³/mol. The van der Waals surface area contributed by atoms with Gasteiger partial charge in [-0.15, -0.1) is 0 Å². The molecule has 0 amide bonds. The van der Waals surface area contributed by atoms with Crippen molar-refractivity contribution in [3.8, 4) is 11.3 Å². The van der Waals surface area contributed by atoms with Gasteiger partial charge in [0.05, 0.1) is 16.6 Å². The van der Waals surface area contributed by atoms with E-state index in [1.165, 1.54) is 23.7 Å². The molecule has 0 aliphatic rings. The standard InChI is InChI=1S/C23H32FN3O3SSi.Na/c1-23(2,3)32(6,7)30-14-17(31)12-27-13-18-19(21(28)26(5)22(29)25(18)4)20(27)15-9-8-10-16(24)11-15;/h8-11,13,17,31H,12,14H2,1-7H3;. The molecule has 175 valence electrons. The Morgan fingerprint density at radius 2 is 1.79 bits per heavy atom. The van der Waals surface area contributed by atoms with Gasteiger partial charge in [-0.3, -0.25) is 13.9 Å². The molecule has 0 aliphatic heterocycles. The maximum Gasteiger partial charge on any atom is 0.330 e. The number of nitrogens with zero attached hydrogens (tertiary/aromatic N) is 3. The Morgan fingerprint density at radius 3 is 2.36 bits per heavy atom. The van der Waals surface area contributed by atoms with Crippen molar-refractivity contribution in [1.29, 1.82) is 0 Å². The van der Waals surface area contributed by atoms with E-state index in [-0.39, 0.29) is 39.8 Å². The van der Waals surface area contributed by atoms with Gasteiger partial charge in [-0.25, -0.2) is 9.18 Å². The van der Waals surface area contributed by atoms with Crippen LogP contribution in [0.15, 0.2) is 40.1 Å². The van der Waals surface area contributed by atoms with Crippen LogP contribution in [0, 0.1) is 5.82 Å². The Hall–Kier alpha value is -1.10. The second-order valence-electron chi connectivity index (χ2n) is 9.83. The minimum atomic E-state index is -1.94. The third-order valence-electron chi connectivity index (χ3n) is 6.46. The van der Waals surface area contributed by atoms with E-state index in [4.69, 9.17) is 17.1 Å². The van der Waals surface area contributed by atoms with E-state index in [1.54, 1.807) is 25.4 Å². The van der Waals surface area contributed by atoms with Crippen LogP contribution in [-0.2, 0) is 25.1 Å². The first-order valence-corrected chi connectivity index (χ1v) is 14.0. The van der Waals surface area contributed by atoms with Gasteiger partial charge in [0.1, 0.15) is 5.82 Å². The maximum absolute atomic E-state index is 14.1. The smallest absolute Gasteiger partial charge is 0.330 e. The first-order valence-electron chi connectivity index (χ1n) is 10.6. The summed E-state index contributed by atoms with van der Waals surface area (Å²) in [6.07, 6.45) is 1.77. The van der Waals surface area contributed by atoms with Crippen LogP contribution in [0.5, 0.6) is 0 Å². The van der Waals surface area contributed by atoms with Crippen molar-refractivity contribution in [1.82, 2.24) is 13.7 Å².